The predicted octanol–water partition coefficient (Wildman–Crippen LogP) is 5.21. The van der Waals surface area contributed by atoms with Crippen LogP contribution in [0.1, 0.15) is 16.9 Å². The number of esters is 1. The molecule has 0 aliphatic carbocycles. The summed E-state index contributed by atoms with van der Waals surface area (Å²) in [5, 5.41) is 0. The standard InChI is InChI=1S/C24H16BrNO6/c1-28-18-7-5-13(10-21(18)29-2)20-12-16(15-11-14(25)6-8-17(15)31-20)22-24(27)32-23(26-22)19-4-3-9-30-19/h3-12H,1-2H3/b22-16-. The number of halogens is 1. The molecule has 0 N–H and O–H groups in total. The minimum atomic E-state index is -0.567. The highest BCUT2D eigenvalue weighted by Gasteiger charge is 2.32. The van der Waals surface area contributed by atoms with Crippen LogP contribution < -0.4 is 14.2 Å². The van der Waals surface area contributed by atoms with Gasteiger partial charge in [-0.3, -0.25) is 0 Å². The molecule has 2 aliphatic heterocycles. The SMILES string of the molecule is COc1ccc(C2=C/C(=C3/N=C(c4ccco4)OC3=O)c3cc(Br)ccc3O2)cc1OC. The summed E-state index contributed by atoms with van der Waals surface area (Å²) >= 11 is 3.48. The summed E-state index contributed by atoms with van der Waals surface area (Å²) in [6.07, 6.45) is 3.26. The van der Waals surface area contributed by atoms with Crippen molar-refractivity contribution in [3.8, 4) is 17.2 Å². The van der Waals surface area contributed by atoms with Crippen LogP contribution >= 0.6 is 15.9 Å². The second-order valence-electron chi connectivity index (χ2n) is 6.87. The Morgan fingerprint density at radius 3 is 2.56 bits per heavy atom. The van der Waals surface area contributed by atoms with Crippen LogP contribution in [0.4, 0.5) is 0 Å². The zero-order chi connectivity index (χ0) is 22.2. The fourth-order valence-electron chi connectivity index (χ4n) is 3.47. The molecule has 2 aliphatic rings. The fraction of sp³-hybridized carbons (Fsp3) is 0.0833. The molecule has 0 saturated carbocycles. The summed E-state index contributed by atoms with van der Waals surface area (Å²) in [6.45, 7) is 0. The van der Waals surface area contributed by atoms with Gasteiger partial charge in [0.2, 0.25) is 0 Å². The number of allylic oxidation sites excluding steroid dienone is 2. The summed E-state index contributed by atoms with van der Waals surface area (Å²) in [7, 11) is 3.14. The molecule has 7 nitrogen and oxygen atoms in total. The maximum Gasteiger partial charge on any atom is 0.364 e. The van der Waals surface area contributed by atoms with Crippen molar-refractivity contribution in [2.75, 3.05) is 14.2 Å². The molecule has 32 heavy (non-hydrogen) atoms. The lowest BCUT2D eigenvalue weighted by atomic mass is 9.97. The number of fused-ring (bicyclic) bond motifs is 1. The van der Waals surface area contributed by atoms with Gasteiger partial charge in [0.1, 0.15) is 11.5 Å². The molecular formula is C24H16BrNO6. The van der Waals surface area contributed by atoms with E-state index in [9.17, 15) is 4.79 Å². The number of ether oxygens (including phenoxy) is 4. The fourth-order valence-corrected chi connectivity index (χ4v) is 3.83. The monoisotopic (exact) mass is 493 g/mol. The summed E-state index contributed by atoms with van der Waals surface area (Å²) < 4.78 is 28.4. The summed E-state index contributed by atoms with van der Waals surface area (Å²) in [5.41, 5.74) is 2.19. The van der Waals surface area contributed by atoms with Crippen LogP contribution in [-0.2, 0) is 9.53 Å². The second kappa shape index (κ2) is 8.05. The van der Waals surface area contributed by atoms with Gasteiger partial charge < -0.3 is 23.4 Å². The topological polar surface area (TPSA) is 79.5 Å². The Balaban J connectivity index is 1.68. The smallest absolute Gasteiger partial charge is 0.364 e. The van der Waals surface area contributed by atoms with Gasteiger partial charge in [0.15, 0.2) is 23.0 Å². The first-order chi connectivity index (χ1) is 15.6. The molecule has 3 heterocycles. The largest absolute Gasteiger partial charge is 0.493 e. The Bertz CT molecular complexity index is 1320. The van der Waals surface area contributed by atoms with Gasteiger partial charge in [0, 0.05) is 21.2 Å². The van der Waals surface area contributed by atoms with Gasteiger partial charge in [-0.2, -0.15) is 0 Å². The van der Waals surface area contributed by atoms with E-state index in [0.717, 1.165) is 10.0 Å². The summed E-state index contributed by atoms with van der Waals surface area (Å²) in [6, 6.07) is 14.4. The summed E-state index contributed by atoms with van der Waals surface area (Å²) in [5.74, 6) is 2.19. The number of carbonyl (C=O) groups is 1. The molecule has 0 spiro atoms. The molecule has 0 saturated heterocycles. The van der Waals surface area contributed by atoms with E-state index in [1.807, 2.05) is 24.3 Å². The Morgan fingerprint density at radius 1 is 0.969 bits per heavy atom. The van der Waals surface area contributed by atoms with Crippen molar-refractivity contribution in [2.45, 2.75) is 0 Å². The zero-order valence-corrected chi connectivity index (χ0v) is 18.6. The number of nitrogens with zero attached hydrogens (tertiary/aromatic N) is 1. The van der Waals surface area contributed by atoms with E-state index >= 15 is 0 Å². The lowest BCUT2D eigenvalue weighted by Gasteiger charge is -2.21. The molecular weight excluding hydrogens is 478 g/mol. The highest BCUT2D eigenvalue weighted by Crippen LogP contribution is 2.42. The van der Waals surface area contributed by atoms with Gasteiger partial charge in [-0.1, -0.05) is 15.9 Å². The number of methoxy groups -OCH3 is 2. The van der Waals surface area contributed by atoms with Gasteiger partial charge in [-0.05, 0) is 54.6 Å². The number of cyclic esters (lactones) is 1. The number of rotatable bonds is 4. The van der Waals surface area contributed by atoms with Crippen LogP contribution in [0.15, 0.2) is 80.4 Å². The average molecular weight is 494 g/mol. The Morgan fingerprint density at radius 2 is 1.81 bits per heavy atom. The maximum atomic E-state index is 12.7. The first-order valence-corrected chi connectivity index (χ1v) is 10.4. The molecule has 0 atom stereocenters. The number of aliphatic imine (C=N–C) groups is 1. The molecule has 0 radical (unpaired) electrons. The van der Waals surface area contributed by atoms with Crippen LogP contribution in [0.5, 0.6) is 17.2 Å². The highest BCUT2D eigenvalue weighted by molar-refractivity contribution is 9.10. The van der Waals surface area contributed by atoms with E-state index in [4.69, 9.17) is 23.4 Å². The quantitative estimate of drug-likeness (QED) is 0.366. The molecule has 0 bridgehead atoms. The maximum absolute atomic E-state index is 12.7. The number of hydrogen-bond acceptors (Lipinski definition) is 7. The van der Waals surface area contributed by atoms with Crippen LogP contribution in [0.2, 0.25) is 0 Å². The van der Waals surface area contributed by atoms with Crippen molar-refractivity contribution in [3.63, 3.8) is 0 Å². The van der Waals surface area contributed by atoms with Crippen LogP contribution in [0.3, 0.4) is 0 Å². The third-order valence-electron chi connectivity index (χ3n) is 4.98. The van der Waals surface area contributed by atoms with Crippen LogP contribution in [0.25, 0.3) is 11.3 Å². The third-order valence-corrected chi connectivity index (χ3v) is 5.47. The van der Waals surface area contributed by atoms with Crippen LogP contribution in [-0.4, -0.2) is 26.1 Å². The zero-order valence-electron chi connectivity index (χ0n) is 17.0. The van der Waals surface area contributed by atoms with E-state index in [0.29, 0.717) is 39.9 Å². The Kier molecular flexibility index (Phi) is 5.07. The van der Waals surface area contributed by atoms with Gasteiger partial charge in [0.05, 0.1) is 20.5 Å². The molecule has 5 rings (SSSR count). The normalized spacial score (nSPS) is 17.2. The van der Waals surface area contributed by atoms with E-state index < -0.39 is 5.97 Å². The number of carbonyl (C=O) groups excluding carboxylic acids is 1. The number of benzene rings is 2. The molecule has 0 unspecified atom stereocenters. The first-order valence-electron chi connectivity index (χ1n) is 9.58. The highest BCUT2D eigenvalue weighted by atomic mass is 79.9. The molecule has 2 aromatic carbocycles. The second-order valence-corrected chi connectivity index (χ2v) is 7.78. The molecule has 3 aromatic rings. The lowest BCUT2D eigenvalue weighted by molar-refractivity contribution is -0.130. The van der Waals surface area contributed by atoms with Crippen molar-refractivity contribution in [1.82, 2.24) is 0 Å². The van der Waals surface area contributed by atoms with Crippen molar-refractivity contribution in [1.29, 1.82) is 0 Å². The van der Waals surface area contributed by atoms with Gasteiger partial charge in [-0.15, -0.1) is 0 Å². The van der Waals surface area contributed by atoms with E-state index in [1.165, 1.54) is 6.26 Å². The van der Waals surface area contributed by atoms with Crippen LogP contribution in [0, 0.1) is 0 Å². The minimum absolute atomic E-state index is 0.117. The van der Waals surface area contributed by atoms with E-state index in [1.54, 1.807) is 44.6 Å². The van der Waals surface area contributed by atoms with Crippen molar-refractivity contribution < 1.29 is 28.2 Å². The van der Waals surface area contributed by atoms with Crippen molar-refractivity contribution >= 4 is 39.1 Å². The lowest BCUT2D eigenvalue weighted by Crippen LogP contribution is -2.08. The minimum Gasteiger partial charge on any atom is -0.493 e. The van der Waals surface area contributed by atoms with Gasteiger partial charge >= 0.3 is 5.97 Å². The van der Waals surface area contributed by atoms with E-state index in [-0.39, 0.29) is 11.6 Å². The first kappa shape index (κ1) is 20.1. The number of furan rings is 1. The van der Waals surface area contributed by atoms with Crippen molar-refractivity contribution in [2.24, 2.45) is 4.99 Å². The average Bonchev–Trinajstić information content (AvgIpc) is 3.48. The molecule has 160 valence electrons. The molecule has 8 heteroatoms. The van der Waals surface area contributed by atoms with Crippen molar-refractivity contribution in [3.05, 3.63) is 87.9 Å². The van der Waals surface area contributed by atoms with E-state index in [2.05, 4.69) is 20.9 Å². The Hall–Kier alpha value is -3.78. The number of hydrogen-bond donors (Lipinski definition) is 0. The molecule has 0 fully saturated rings. The van der Waals surface area contributed by atoms with Gasteiger partial charge in [0.25, 0.3) is 5.90 Å². The van der Waals surface area contributed by atoms with Gasteiger partial charge in [-0.25, -0.2) is 9.79 Å². The molecule has 1 aromatic heterocycles. The predicted molar refractivity (Wildman–Crippen MR) is 121 cm³/mol. The summed E-state index contributed by atoms with van der Waals surface area (Å²) in [4.78, 5) is 17.2. The Labute approximate surface area is 191 Å². The third kappa shape index (κ3) is 3.48. The molecule has 0 amide bonds.